The monoisotopic (exact) mass is 387 g/mol. The highest BCUT2D eigenvalue weighted by Crippen LogP contribution is 2.30. The average molecular weight is 387 g/mol. The highest BCUT2D eigenvalue weighted by molar-refractivity contribution is 5.96. The van der Waals surface area contributed by atoms with Gasteiger partial charge in [-0.05, 0) is 30.7 Å². The molecule has 2 aliphatic rings. The summed E-state index contributed by atoms with van der Waals surface area (Å²) in [5.74, 6) is 2.09. The largest absolute Gasteiger partial charge is 0.489 e. The summed E-state index contributed by atoms with van der Waals surface area (Å²) in [5, 5.41) is 2.89. The molecule has 2 aliphatic heterocycles. The minimum Gasteiger partial charge on any atom is -0.489 e. The van der Waals surface area contributed by atoms with Gasteiger partial charge in [-0.3, -0.25) is 9.78 Å². The smallest absolute Gasteiger partial charge is 0.270 e. The first-order valence-corrected chi connectivity index (χ1v) is 9.84. The van der Waals surface area contributed by atoms with Gasteiger partial charge in [-0.25, -0.2) is 9.97 Å². The van der Waals surface area contributed by atoms with Crippen molar-refractivity contribution in [2.24, 2.45) is 0 Å². The molecule has 146 valence electrons. The Hall–Kier alpha value is -3.48. The van der Waals surface area contributed by atoms with Crippen molar-refractivity contribution in [1.82, 2.24) is 20.3 Å². The Kier molecular flexibility index (Phi) is 4.56. The fourth-order valence-electron chi connectivity index (χ4n) is 3.87. The van der Waals surface area contributed by atoms with Gasteiger partial charge < -0.3 is 15.0 Å². The molecule has 0 aliphatic carbocycles. The molecule has 1 atom stereocenters. The number of anilines is 1. The number of rotatable bonds is 4. The molecular weight excluding hydrogens is 366 g/mol. The summed E-state index contributed by atoms with van der Waals surface area (Å²) < 4.78 is 6.13. The van der Waals surface area contributed by atoms with E-state index >= 15 is 0 Å². The number of hydrogen-bond acceptors (Lipinski definition) is 6. The normalized spacial score (nSPS) is 18.3. The minimum absolute atomic E-state index is 0.0854. The van der Waals surface area contributed by atoms with Crippen molar-refractivity contribution < 1.29 is 9.53 Å². The standard InChI is InChI=1S/C22H21N5O2/c28-22-19-18(8-11-24-22)21(26-20(25-19)15-5-4-10-23-13-15)27-12-9-17(14-27)29-16-6-2-1-3-7-16/h1-7,10,13,17H,8-9,11-12,14H2,(H,24,28)/t17-/m1/s1. The van der Waals surface area contributed by atoms with Crippen LogP contribution in [0.4, 0.5) is 5.82 Å². The van der Waals surface area contributed by atoms with Crippen LogP contribution in [0.1, 0.15) is 22.5 Å². The zero-order valence-electron chi connectivity index (χ0n) is 15.9. The Morgan fingerprint density at radius 1 is 1.10 bits per heavy atom. The predicted molar refractivity (Wildman–Crippen MR) is 109 cm³/mol. The van der Waals surface area contributed by atoms with Crippen molar-refractivity contribution in [2.75, 3.05) is 24.5 Å². The number of ether oxygens (including phenoxy) is 1. The van der Waals surface area contributed by atoms with Gasteiger partial charge in [0.05, 0.1) is 6.54 Å². The van der Waals surface area contributed by atoms with E-state index in [0.717, 1.165) is 48.6 Å². The van der Waals surface area contributed by atoms with Crippen molar-refractivity contribution >= 4 is 11.7 Å². The Balaban J connectivity index is 1.47. The van der Waals surface area contributed by atoms with Crippen LogP contribution in [0.2, 0.25) is 0 Å². The zero-order valence-corrected chi connectivity index (χ0v) is 15.9. The molecule has 3 aromatic rings. The number of nitrogens with one attached hydrogen (secondary N) is 1. The molecule has 7 heteroatoms. The van der Waals surface area contributed by atoms with Crippen LogP contribution in [0.25, 0.3) is 11.4 Å². The van der Waals surface area contributed by atoms with Gasteiger partial charge in [0.25, 0.3) is 5.91 Å². The van der Waals surface area contributed by atoms with Crippen molar-refractivity contribution in [1.29, 1.82) is 0 Å². The number of nitrogens with zero attached hydrogens (tertiary/aromatic N) is 4. The van der Waals surface area contributed by atoms with Gasteiger partial charge in [0, 0.05) is 43.0 Å². The number of amides is 1. The number of benzene rings is 1. The first kappa shape index (κ1) is 17.6. The van der Waals surface area contributed by atoms with E-state index in [0.29, 0.717) is 18.1 Å². The van der Waals surface area contributed by atoms with E-state index in [1.165, 1.54) is 0 Å². The second kappa shape index (κ2) is 7.50. The third kappa shape index (κ3) is 3.51. The molecule has 4 heterocycles. The number of carbonyl (C=O) groups excluding carboxylic acids is 1. The van der Waals surface area contributed by atoms with Crippen LogP contribution < -0.4 is 15.0 Å². The third-order valence-corrected chi connectivity index (χ3v) is 5.27. The quantitative estimate of drug-likeness (QED) is 0.741. The summed E-state index contributed by atoms with van der Waals surface area (Å²) in [7, 11) is 0. The lowest BCUT2D eigenvalue weighted by molar-refractivity contribution is 0.0940. The molecule has 1 N–H and O–H groups in total. The van der Waals surface area contributed by atoms with Crippen molar-refractivity contribution in [2.45, 2.75) is 18.9 Å². The van der Waals surface area contributed by atoms with Gasteiger partial charge in [0.15, 0.2) is 5.82 Å². The topological polar surface area (TPSA) is 80.2 Å². The number of para-hydroxylation sites is 1. The van der Waals surface area contributed by atoms with Crippen LogP contribution in [0.5, 0.6) is 5.75 Å². The average Bonchev–Trinajstić information content (AvgIpc) is 3.23. The molecule has 0 radical (unpaired) electrons. The first-order chi connectivity index (χ1) is 14.3. The van der Waals surface area contributed by atoms with Crippen LogP contribution in [-0.2, 0) is 6.42 Å². The lowest BCUT2D eigenvalue weighted by atomic mass is 10.1. The Labute approximate surface area is 168 Å². The minimum atomic E-state index is -0.142. The van der Waals surface area contributed by atoms with Crippen LogP contribution in [0, 0.1) is 0 Å². The van der Waals surface area contributed by atoms with Crippen LogP contribution in [0.15, 0.2) is 54.9 Å². The number of pyridine rings is 1. The van der Waals surface area contributed by atoms with Crippen molar-refractivity contribution in [3.05, 3.63) is 66.1 Å². The summed E-state index contributed by atoms with van der Waals surface area (Å²) in [6, 6.07) is 13.6. The summed E-state index contributed by atoms with van der Waals surface area (Å²) in [4.78, 5) is 28.3. The first-order valence-electron chi connectivity index (χ1n) is 9.84. The zero-order chi connectivity index (χ0) is 19.6. The third-order valence-electron chi connectivity index (χ3n) is 5.27. The van der Waals surface area contributed by atoms with Gasteiger partial charge in [-0.15, -0.1) is 0 Å². The Bertz CT molecular complexity index is 1030. The molecule has 2 aromatic heterocycles. The number of hydrogen-bond donors (Lipinski definition) is 1. The van der Waals surface area contributed by atoms with E-state index in [-0.39, 0.29) is 12.0 Å². The van der Waals surface area contributed by atoms with E-state index in [4.69, 9.17) is 9.72 Å². The van der Waals surface area contributed by atoms with Gasteiger partial charge in [0.2, 0.25) is 0 Å². The second-order valence-electron chi connectivity index (χ2n) is 7.23. The number of fused-ring (bicyclic) bond motifs is 1. The van der Waals surface area contributed by atoms with E-state index in [1.807, 2.05) is 42.5 Å². The van der Waals surface area contributed by atoms with Gasteiger partial charge in [0.1, 0.15) is 23.4 Å². The van der Waals surface area contributed by atoms with E-state index in [1.54, 1.807) is 12.4 Å². The van der Waals surface area contributed by atoms with Crippen LogP contribution in [0.3, 0.4) is 0 Å². The number of aromatic nitrogens is 3. The maximum absolute atomic E-state index is 12.5. The van der Waals surface area contributed by atoms with Crippen LogP contribution >= 0.6 is 0 Å². The second-order valence-corrected chi connectivity index (χ2v) is 7.23. The molecule has 1 saturated heterocycles. The molecule has 0 unspecified atom stereocenters. The maximum Gasteiger partial charge on any atom is 0.270 e. The molecule has 1 fully saturated rings. The van der Waals surface area contributed by atoms with Gasteiger partial charge in [-0.2, -0.15) is 0 Å². The van der Waals surface area contributed by atoms with Crippen LogP contribution in [-0.4, -0.2) is 46.6 Å². The molecule has 7 nitrogen and oxygen atoms in total. The summed E-state index contributed by atoms with van der Waals surface area (Å²) in [6.45, 7) is 2.16. The number of carbonyl (C=O) groups is 1. The van der Waals surface area contributed by atoms with Crippen molar-refractivity contribution in [3.63, 3.8) is 0 Å². The maximum atomic E-state index is 12.5. The highest BCUT2D eigenvalue weighted by atomic mass is 16.5. The lowest BCUT2D eigenvalue weighted by Gasteiger charge is -2.25. The van der Waals surface area contributed by atoms with Gasteiger partial charge in [-0.1, -0.05) is 18.2 Å². The summed E-state index contributed by atoms with van der Waals surface area (Å²) >= 11 is 0. The fourth-order valence-corrected chi connectivity index (χ4v) is 3.87. The SMILES string of the molecule is O=C1NCCc2c1nc(-c1cccnc1)nc2N1CC[C@@H](Oc2ccccc2)C1. The van der Waals surface area contributed by atoms with Gasteiger partial charge >= 0.3 is 0 Å². The Morgan fingerprint density at radius 2 is 2.00 bits per heavy atom. The molecule has 1 amide bonds. The molecule has 29 heavy (non-hydrogen) atoms. The van der Waals surface area contributed by atoms with E-state index in [2.05, 4.69) is 20.2 Å². The van der Waals surface area contributed by atoms with Crippen molar-refractivity contribution in [3.8, 4) is 17.1 Å². The van der Waals surface area contributed by atoms with E-state index in [9.17, 15) is 4.79 Å². The molecular formula is C22H21N5O2. The molecule has 0 bridgehead atoms. The Morgan fingerprint density at radius 3 is 2.83 bits per heavy atom. The fraction of sp³-hybridized carbons (Fsp3) is 0.273. The summed E-state index contributed by atoms with van der Waals surface area (Å²) in [5.41, 5.74) is 2.18. The predicted octanol–water partition coefficient (Wildman–Crippen LogP) is 2.48. The molecule has 0 saturated carbocycles. The molecule has 0 spiro atoms. The molecule has 1 aromatic carbocycles. The highest BCUT2D eigenvalue weighted by Gasteiger charge is 2.31. The lowest BCUT2D eigenvalue weighted by Crippen LogP contribution is -2.36. The molecule has 5 rings (SSSR count). The van der Waals surface area contributed by atoms with E-state index < -0.39 is 0 Å². The summed E-state index contributed by atoms with van der Waals surface area (Å²) in [6.07, 6.45) is 5.15.